The Hall–Kier alpha value is -1.82. The molecule has 0 aliphatic heterocycles. The number of amides is 1. The van der Waals surface area contributed by atoms with Gasteiger partial charge in [0.25, 0.3) is 0 Å². The molecule has 0 fully saturated rings. The molecule has 0 aliphatic rings. The van der Waals surface area contributed by atoms with Gasteiger partial charge in [0.15, 0.2) is 0 Å². The lowest BCUT2D eigenvalue weighted by molar-refractivity contribution is -0.120. The standard InChI is InChI=1S/C13H16N2O/c1-2-6-12(15-13(16)9-10-14)11-7-4-3-5-8-11/h3-5,7-8,12H,2,6,9H2,1H3,(H,15,16). The minimum absolute atomic E-state index is 0.0204. The number of nitriles is 1. The highest BCUT2D eigenvalue weighted by Gasteiger charge is 2.12. The van der Waals surface area contributed by atoms with Crippen LogP contribution in [0.1, 0.15) is 37.8 Å². The van der Waals surface area contributed by atoms with Crippen LogP contribution >= 0.6 is 0 Å². The number of rotatable bonds is 5. The van der Waals surface area contributed by atoms with Gasteiger partial charge in [-0.25, -0.2) is 0 Å². The Morgan fingerprint density at radius 2 is 2.12 bits per heavy atom. The highest BCUT2D eigenvalue weighted by molar-refractivity contribution is 5.78. The number of benzene rings is 1. The summed E-state index contributed by atoms with van der Waals surface area (Å²) >= 11 is 0. The summed E-state index contributed by atoms with van der Waals surface area (Å²) in [5, 5.41) is 11.3. The molecule has 1 atom stereocenters. The van der Waals surface area contributed by atoms with Crippen molar-refractivity contribution in [2.45, 2.75) is 32.2 Å². The molecule has 0 heterocycles. The zero-order valence-corrected chi connectivity index (χ0v) is 9.44. The minimum atomic E-state index is -0.204. The van der Waals surface area contributed by atoms with E-state index in [4.69, 9.17) is 5.26 Å². The van der Waals surface area contributed by atoms with E-state index in [9.17, 15) is 4.79 Å². The van der Waals surface area contributed by atoms with Crippen molar-refractivity contribution in [3.63, 3.8) is 0 Å². The SMILES string of the molecule is CCCC(NC(=O)CC#N)c1ccccc1. The van der Waals surface area contributed by atoms with E-state index in [-0.39, 0.29) is 18.4 Å². The van der Waals surface area contributed by atoms with Crippen LogP contribution < -0.4 is 5.32 Å². The lowest BCUT2D eigenvalue weighted by Gasteiger charge is -2.17. The van der Waals surface area contributed by atoms with Crippen LogP contribution in [0.2, 0.25) is 0 Å². The van der Waals surface area contributed by atoms with Crippen molar-refractivity contribution in [1.29, 1.82) is 5.26 Å². The zero-order valence-electron chi connectivity index (χ0n) is 9.44. The van der Waals surface area contributed by atoms with E-state index in [0.29, 0.717) is 0 Å². The second kappa shape index (κ2) is 6.62. The second-order valence-electron chi connectivity index (χ2n) is 3.65. The lowest BCUT2D eigenvalue weighted by Crippen LogP contribution is -2.27. The average Bonchev–Trinajstić information content (AvgIpc) is 2.30. The highest BCUT2D eigenvalue weighted by Crippen LogP contribution is 2.17. The first-order valence-electron chi connectivity index (χ1n) is 5.49. The van der Waals surface area contributed by atoms with Gasteiger partial charge in [0.1, 0.15) is 6.42 Å². The van der Waals surface area contributed by atoms with Gasteiger partial charge in [0.2, 0.25) is 5.91 Å². The largest absolute Gasteiger partial charge is 0.348 e. The number of nitrogens with zero attached hydrogens (tertiary/aromatic N) is 1. The third-order valence-electron chi connectivity index (χ3n) is 2.35. The molecular weight excluding hydrogens is 200 g/mol. The highest BCUT2D eigenvalue weighted by atomic mass is 16.1. The number of carbonyl (C=O) groups excluding carboxylic acids is 1. The van der Waals surface area contributed by atoms with E-state index < -0.39 is 0 Å². The molecule has 16 heavy (non-hydrogen) atoms. The Bertz CT molecular complexity index is 367. The summed E-state index contributed by atoms with van der Waals surface area (Å²) in [5.41, 5.74) is 1.09. The van der Waals surface area contributed by atoms with Crippen molar-refractivity contribution in [3.8, 4) is 6.07 Å². The van der Waals surface area contributed by atoms with Crippen LogP contribution in [0.15, 0.2) is 30.3 Å². The first-order chi connectivity index (χ1) is 7.77. The molecule has 1 aromatic rings. The Morgan fingerprint density at radius 1 is 1.44 bits per heavy atom. The van der Waals surface area contributed by atoms with E-state index in [1.165, 1.54) is 0 Å². The van der Waals surface area contributed by atoms with E-state index >= 15 is 0 Å². The van der Waals surface area contributed by atoms with Gasteiger partial charge < -0.3 is 5.32 Å². The summed E-state index contributed by atoms with van der Waals surface area (Å²) in [6, 6.07) is 11.7. The van der Waals surface area contributed by atoms with Crippen molar-refractivity contribution in [2.24, 2.45) is 0 Å². The number of hydrogen-bond donors (Lipinski definition) is 1. The molecule has 0 spiro atoms. The Balaban J connectivity index is 2.69. The first kappa shape index (κ1) is 12.3. The number of hydrogen-bond acceptors (Lipinski definition) is 2. The molecule has 84 valence electrons. The molecule has 0 aromatic heterocycles. The third kappa shape index (κ3) is 3.74. The smallest absolute Gasteiger partial charge is 0.234 e. The van der Waals surface area contributed by atoms with Crippen LogP contribution in [-0.2, 0) is 4.79 Å². The van der Waals surface area contributed by atoms with E-state index in [1.807, 2.05) is 36.4 Å². The summed E-state index contributed by atoms with van der Waals surface area (Å²) in [6.07, 6.45) is 1.81. The molecule has 3 nitrogen and oxygen atoms in total. The predicted octanol–water partition coefficient (Wildman–Crippen LogP) is 2.56. The summed E-state index contributed by atoms with van der Waals surface area (Å²) in [4.78, 5) is 11.4. The lowest BCUT2D eigenvalue weighted by atomic mass is 10.0. The monoisotopic (exact) mass is 216 g/mol. The quantitative estimate of drug-likeness (QED) is 0.822. The molecule has 0 aliphatic carbocycles. The van der Waals surface area contributed by atoms with Crippen LogP contribution in [0.25, 0.3) is 0 Å². The molecule has 0 saturated heterocycles. The fraction of sp³-hybridized carbons (Fsp3) is 0.385. The van der Waals surface area contributed by atoms with Gasteiger partial charge in [-0.05, 0) is 12.0 Å². The second-order valence-corrected chi connectivity index (χ2v) is 3.65. The maximum atomic E-state index is 11.4. The van der Waals surface area contributed by atoms with Gasteiger partial charge in [-0.2, -0.15) is 5.26 Å². The maximum absolute atomic E-state index is 11.4. The third-order valence-corrected chi connectivity index (χ3v) is 2.35. The molecule has 1 N–H and O–H groups in total. The Morgan fingerprint density at radius 3 is 2.69 bits per heavy atom. The zero-order chi connectivity index (χ0) is 11.8. The molecule has 0 radical (unpaired) electrons. The summed E-state index contributed by atoms with van der Waals surface area (Å²) in [7, 11) is 0. The summed E-state index contributed by atoms with van der Waals surface area (Å²) < 4.78 is 0. The van der Waals surface area contributed by atoms with Crippen molar-refractivity contribution >= 4 is 5.91 Å². The van der Waals surface area contributed by atoms with Crippen LogP contribution in [0, 0.1) is 11.3 Å². The average molecular weight is 216 g/mol. The molecule has 1 rings (SSSR count). The predicted molar refractivity (Wildman–Crippen MR) is 62.5 cm³/mol. The van der Waals surface area contributed by atoms with Crippen LogP contribution in [0.4, 0.5) is 0 Å². The Kier molecular flexibility index (Phi) is 5.07. The van der Waals surface area contributed by atoms with Gasteiger partial charge in [-0.3, -0.25) is 4.79 Å². The molecular formula is C13H16N2O. The molecule has 0 saturated carbocycles. The van der Waals surface area contributed by atoms with Crippen molar-refractivity contribution < 1.29 is 4.79 Å². The van der Waals surface area contributed by atoms with Crippen molar-refractivity contribution in [3.05, 3.63) is 35.9 Å². The number of carbonyl (C=O) groups is 1. The van der Waals surface area contributed by atoms with Gasteiger partial charge in [0, 0.05) is 0 Å². The molecule has 1 unspecified atom stereocenters. The van der Waals surface area contributed by atoms with Crippen LogP contribution in [0.5, 0.6) is 0 Å². The first-order valence-corrected chi connectivity index (χ1v) is 5.49. The van der Waals surface area contributed by atoms with Gasteiger partial charge in [-0.15, -0.1) is 0 Å². The fourth-order valence-electron chi connectivity index (χ4n) is 1.61. The van der Waals surface area contributed by atoms with Crippen molar-refractivity contribution in [2.75, 3.05) is 0 Å². The topological polar surface area (TPSA) is 52.9 Å². The normalized spacial score (nSPS) is 11.5. The fourth-order valence-corrected chi connectivity index (χ4v) is 1.61. The maximum Gasteiger partial charge on any atom is 0.234 e. The van der Waals surface area contributed by atoms with E-state index in [1.54, 1.807) is 0 Å². The number of nitrogens with one attached hydrogen (secondary N) is 1. The van der Waals surface area contributed by atoms with E-state index in [2.05, 4.69) is 12.2 Å². The molecule has 3 heteroatoms. The summed E-state index contributed by atoms with van der Waals surface area (Å²) in [6.45, 7) is 2.08. The molecule has 1 amide bonds. The van der Waals surface area contributed by atoms with E-state index in [0.717, 1.165) is 18.4 Å². The molecule has 1 aromatic carbocycles. The van der Waals surface area contributed by atoms with Gasteiger partial charge >= 0.3 is 0 Å². The summed E-state index contributed by atoms with van der Waals surface area (Å²) in [5.74, 6) is -0.204. The molecule has 0 bridgehead atoms. The Labute approximate surface area is 96.1 Å². The van der Waals surface area contributed by atoms with Gasteiger partial charge in [-0.1, -0.05) is 43.7 Å². The van der Waals surface area contributed by atoms with Crippen LogP contribution in [0.3, 0.4) is 0 Å². The van der Waals surface area contributed by atoms with Crippen molar-refractivity contribution in [1.82, 2.24) is 5.32 Å². The van der Waals surface area contributed by atoms with Gasteiger partial charge in [0.05, 0.1) is 12.1 Å². The van der Waals surface area contributed by atoms with Crippen LogP contribution in [-0.4, -0.2) is 5.91 Å². The minimum Gasteiger partial charge on any atom is -0.348 e.